The van der Waals surface area contributed by atoms with E-state index in [0.29, 0.717) is 10.9 Å². The van der Waals surface area contributed by atoms with Crippen molar-refractivity contribution in [3.63, 3.8) is 0 Å². The Labute approximate surface area is 100 Å². The molecule has 86 valence electrons. The van der Waals surface area contributed by atoms with Crippen LogP contribution in [0.25, 0.3) is 0 Å². The Balaban J connectivity index is 3.03. The van der Waals surface area contributed by atoms with Crippen LogP contribution in [0, 0.1) is 5.95 Å². The second-order valence-electron chi connectivity index (χ2n) is 3.06. The van der Waals surface area contributed by atoms with E-state index >= 15 is 0 Å². The molecule has 0 saturated heterocycles. The topological polar surface area (TPSA) is 62.2 Å². The maximum Gasteiger partial charge on any atom is 0.405 e. The fourth-order valence-corrected chi connectivity index (χ4v) is 1.61. The van der Waals surface area contributed by atoms with E-state index in [1.807, 2.05) is 0 Å². The van der Waals surface area contributed by atoms with Gasteiger partial charge in [0, 0.05) is 16.2 Å². The van der Waals surface area contributed by atoms with Crippen LogP contribution in [0.2, 0.25) is 0 Å². The second kappa shape index (κ2) is 5.60. The van der Waals surface area contributed by atoms with E-state index in [4.69, 9.17) is 5.11 Å². The number of pyridine rings is 1. The van der Waals surface area contributed by atoms with E-state index in [1.165, 1.54) is 18.3 Å². The molecule has 1 amide bonds. The molecule has 1 heterocycles. The van der Waals surface area contributed by atoms with E-state index in [1.54, 1.807) is 0 Å². The van der Waals surface area contributed by atoms with Gasteiger partial charge in [0.1, 0.15) is 0 Å². The van der Waals surface area contributed by atoms with Crippen LogP contribution in [0.3, 0.4) is 0 Å². The molecule has 0 aliphatic rings. The van der Waals surface area contributed by atoms with Crippen molar-refractivity contribution in [2.45, 2.75) is 12.5 Å². The normalized spacial score (nSPS) is 11.9. The maximum absolute atomic E-state index is 13.4. The molecule has 0 aliphatic heterocycles. The first kappa shape index (κ1) is 12.6. The molecule has 0 bridgehead atoms. The second-order valence-corrected chi connectivity index (χ2v) is 3.98. The predicted molar refractivity (Wildman–Crippen MR) is 60.6 cm³/mol. The highest BCUT2D eigenvalue weighted by atomic mass is 79.9. The highest BCUT2D eigenvalue weighted by Crippen LogP contribution is 2.22. The molecule has 1 atom stereocenters. The van der Waals surface area contributed by atoms with E-state index in [0.717, 1.165) is 0 Å². The fourth-order valence-electron chi connectivity index (χ4n) is 1.26. The number of halogens is 2. The third kappa shape index (κ3) is 3.30. The van der Waals surface area contributed by atoms with Crippen LogP contribution >= 0.6 is 15.9 Å². The van der Waals surface area contributed by atoms with Gasteiger partial charge in [0.05, 0.1) is 6.04 Å². The highest BCUT2D eigenvalue weighted by molar-refractivity contribution is 9.10. The fraction of sp³-hybridized carbons (Fsp3) is 0.200. The van der Waals surface area contributed by atoms with E-state index < -0.39 is 18.1 Å². The number of amides is 1. The van der Waals surface area contributed by atoms with Gasteiger partial charge in [-0.25, -0.2) is 9.78 Å². The summed E-state index contributed by atoms with van der Waals surface area (Å²) in [6, 6.07) is 0.812. The van der Waals surface area contributed by atoms with Crippen molar-refractivity contribution in [3.05, 3.63) is 40.9 Å². The summed E-state index contributed by atoms with van der Waals surface area (Å²) in [5.74, 6) is -0.691. The van der Waals surface area contributed by atoms with Gasteiger partial charge in [0.15, 0.2) is 0 Å². The summed E-state index contributed by atoms with van der Waals surface area (Å²) in [6.07, 6.45) is 1.90. The van der Waals surface area contributed by atoms with Crippen molar-refractivity contribution >= 4 is 22.0 Å². The molecule has 1 aromatic heterocycles. The lowest BCUT2D eigenvalue weighted by atomic mass is 10.1. The summed E-state index contributed by atoms with van der Waals surface area (Å²) in [4.78, 5) is 14.1. The summed E-state index contributed by atoms with van der Waals surface area (Å²) in [6.45, 7) is 3.50. The van der Waals surface area contributed by atoms with Gasteiger partial charge in [-0.1, -0.05) is 6.08 Å². The van der Waals surface area contributed by atoms with Crippen LogP contribution < -0.4 is 5.32 Å². The maximum atomic E-state index is 13.4. The Morgan fingerprint density at radius 2 is 2.50 bits per heavy atom. The molecule has 2 N–H and O–H groups in total. The molecule has 0 spiro atoms. The smallest absolute Gasteiger partial charge is 0.405 e. The van der Waals surface area contributed by atoms with Gasteiger partial charge in [-0.2, -0.15) is 4.39 Å². The summed E-state index contributed by atoms with van der Waals surface area (Å²) in [5, 5.41) is 10.8. The molecule has 1 unspecified atom stereocenters. The van der Waals surface area contributed by atoms with Crippen LogP contribution in [0.15, 0.2) is 29.4 Å². The SMILES string of the molecule is C=CCC(NC(=O)O)c1cc(Br)cnc1F. The number of nitrogens with one attached hydrogen (secondary N) is 1. The van der Waals surface area contributed by atoms with Crippen LogP contribution in [0.4, 0.5) is 9.18 Å². The predicted octanol–water partition coefficient (Wildman–Crippen LogP) is 2.87. The van der Waals surface area contributed by atoms with Crippen LogP contribution in [-0.4, -0.2) is 16.2 Å². The first-order valence-corrected chi connectivity index (χ1v) is 5.25. The standard InChI is InChI=1S/C10H10BrFN2O2/c1-2-3-8(14-10(15)16)7-4-6(11)5-13-9(7)12/h2,4-5,8,14H,1,3H2,(H,15,16). The minimum atomic E-state index is -1.22. The van der Waals surface area contributed by atoms with Crippen molar-refractivity contribution < 1.29 is 14.3 Å². The number of nitrogens with zero attached hydrogens (tertiary/aromatic N) is 1. The Morgan fingerprint density at radius 3 is 3.06 bits per heavy atom. The van der Waals surface area contributed by atoms with E-state index in [9.17, 15) is 9.18 Å². The van der Waals surface area contributed by atoms with Gasteiger partial charge in [-0.05, 0) is 28.4 Å². The Bertz CT molecular complexity index is 412. The first-order chi connectivity index (χ1) is 7.54. The number of aromatic nitrogens is 1. The number of hydrogen-bond acceptors (Lipinski definition) is 2. The largest absolute Gasteiger partial charge is 0.465 e. The molecule has 6 heteroatoms. The molecule has 4 nitrogen and oxygen atoms in total. The number of hydrogen-bond donors (Lipinski definition) is 2. The van der Waals surface area contributed by atoms with E-state index in [-0.39, 0.29) is 5.56 Å². The molecule has 0 saturated carbocycles. The minimum Gasteiger partial charge on any atom is -0.465 e. The molecule has 0 aliphatic carbocycles. The lowest BCUT2D eigenvalue weighted by Crippen LogP contribution is -2.27. The van der Waals surface area contributed by atoms with Crippen molar-refractivity contribution in [2.24, 2.45) is 0 Å². The molecular weight excluding hydrogens is 279 g/mol. The van der Waals surface area contributed by atoms with Crippen molar-refractivity contribution in [3.8, 4) is 0 Å². The first-order valence-electron chi connectivity index (χ1n) is 4.46. The monoisotopic (exact) mass is 288 g/mol. The van der Waals surface area contributed by atoms with Gasteiger partial charge in [0.25, 0.3) is 0 Å². The molecule has 16 heavy (non-hydrogen) atoms. The van der Waals surface area contributed by atoms with Gasteiger partial charge >= 0.3 is 6.09 Å². The molecule has 0 fully saturated rings. The molecule has 1 rings (SSSR count). The quantitative estimate of drug-likeness (QED) is 0.661. The third-order valence-electron chi connectivity index (χ3n) is 1.91. The summed E-state index contributed by atoms with van der Waals surface area (Å²) in [7, 11) is 0. The average Bonchev–Trinajstić information content (AvgIpc) is 2.20. The van der Waals surface area contributed by atoms with Gasteiger partial charge in [-0.3, -0.25) is 0 Å². The number of rotatable bonds is 4. The zero-order chi connectivity index (χ0) is 12.1. The Hall–Kier alpha value is -1.43. The lowest BCUT2D eigenvalue weighted by molar-refractivity contribution is 0.189. The Kier molecular flexibility index (Phi) is 4.42. The zero-order valence-corrected chi connectivity index (χ0v) is 9.87. The molecule has 0 radical (unpaired) electrons. The Morgan fingerprint density at radius 1 is 1.81 bits per heavy atom. The summed E-state index contributed by atoms with van der Waals surface area (Å²) >= 11 is 3.15. The minimum absolute atomic E-state index is 0.191. The van der Waals surface area contributed by atoms with Crippen LogP contribution in [0.1, 0.15) is 18.0 Å². The molecule has 0 aromatic carbocycles. The van der Waals surface area contributed by atoms with Crippen molar-refractivity contribution in [1.29, 1.82) is 0 Å². The lowest BCUT2D eigenvalue weighted by Gasteiger charge is -2.15. The number of carboxylic acid groups (broad SMARTS) is 1. The van der Waals surface area contributed by atoms with E-state index in [2.05, 4.69) is 32.8 Å². The summed E-state index contributed by atoms with van der Waals surface area (Å²) in [5.41, 5.74) is 0.191. The van der Waals surface area contributed by atoms with Gasteiger partial charge < -0.3 is 10.4 Å². The molecular formula is C10H10BrFN2O2. The third-order valence-corrected chi connectivity index (χ3v) is 2.34. The van der Waals surface area contributed by atoms with Gasteiger partial charge in [-0.15, -0.1) is 6.58 Å². The van der Waals surface area contributed by atoms with Crippen molar-refractivity contribution in [2.75, 3.05) is 0 Å². The molecule has 1 aromatic rings. The van der Waals surface area contributed by atoms with Gasteiger partial charge in [0.2, 0.25) is 5.95 Å². The average molecular weight is 289 g/mol. The van der Waals surface area contributed by atoms with Crippen molar-refractivity contribution in [1.82, 2.24) is 10.3 Å². The zero-order valence-electron chi connectivity index (χ0n) is 8.28. The summed E-state index contributed by atoms with van der Waals surface area (Å²) < 4.78 is 14.0. The number of carbonyl (C=O) groups is 1. The van der Waals surface area contributed by atoms with Crippen LogP contribution in [-0.2, 0) is 0 Å². The highest BCUT2D eigenvalue weighted by Gasteiger charge is 2.17. The van der Waals surface area contributed by atoms with Crippen LogP contribution in [0.5, 0.6) is 0 Å².